The molecule has 0 saturated heterocycles. The number of halogens is 2. The Kier molecular flexibility index (Phi) is 13.7. The third-order valence-electron chi connectivity index (χ3n) is 5.05. The van der Waals surface area contributed by atoms with Gasteiger partial charge >= 0.3 is 33.3 Å². The van der Waals surface area contributed by atoms with Crippen LogP contribution in [0.3, 0.4) is 0 Å². The van der Waals surface area contributed by atoms with Gasteiger partial charge in [0.25, 0.3) is 0 Å². The van der Waals surface area contributed by atoms with Gasteiger partial charge in [-0.25, -0.2) is 4.98 Å². The molecule has 0 saturated carbocycles. The Morgan fingerprint density at radius 1 is 0.697 bits per heavy atom. The predicted molar refractivity (Wildman–Crippen MR) is 141 cm³/mol. The van der Waals surface area contributed by atoms with E-state index >= 15 is 0 Å². The van der Waals surface area contributed by atoms with Gasteiger partial charge in [-0.05, 0) is 61.1 Å². The molecule has 0 atom stereocenters. The van der Waals surface area contributed by atoms with Crippen LogP contribution in [0.2, 0.25) is 0 Å². The first-order valence-corrected chi connectivity index (χ1v) is 14.3. The zero-order chi connectivity index (χ0) is 23.7. The minimum atomic E-state index is 0.194. The van der Waals surface area contributed by atoms with Gasteiger partial charge in [0.05, 0.1) is 35.2 Å². The molecule has 33 heavy (non-hydrogen) atoms. The number of para-hydroxylation sites is 2. The van der Waals surface area contributed by atoms with E-state index in [0.717, 1.165) is 35.6 Å². The molecule has 0 spiro atoms. The fourth-order valence-corrected chi connectivity index (χ4v) is 3.31. The van der Waals surface area contributed by atoms with E-state index in [4.69, 9.17) is 30.2 Å². The van der Waals surface area contributed by atoms with E-state index in [9.17, 15) is 0 Å². The van der Waals surface area contributed by atoms with Crippen LogP contribution in [-0.4, -0.2) is 17.4 Å². The van der Waals surface area contributed by atoms with Gasteiger partial charge in [0, 0.05) is 0 Å². The van der Waals surface area contributed by atoms with Crippen molar-refractivity contribution in [3.63, 3.8) is 0 Å². The molecule has 0 amide bonds. The Bertz CT molecular complexity index is 945. The van der Waals surface area contributed by atoms with Crippen molar-refractivity contribution in [2.24, 2.45) is 9.98 Å². The number of hydrogen-bond donors (Lipinski definition) is 0. The molecular weight excluding hydrogens is 493 g/mol. The molecular formula is C27H31Cl2FeN3. The fourth-order valence-electron chi connectivity index (χ4n) is 3.31. The van der Waals surface area contributed by atoms with Crippen LogP contribution >= 0.6 is 20.2 Å². The molecule has 6 heteroatoms. The monoisotopic (exact) mass is 523 g/mol. The molecule has 3 rings (SSSR count). The molecule has 0 unspecified atom stereocenters. The first kappa shape index (κ1) is 27.3. The van der Waals surface area contributed by atoms with Gasteiger partial charge in [0.1, 0.15) is 0 Å². The van der Waals surface area contributed by atoms with E-state index in [-0.39, 0.29) is 13.1 Å². The minimum absolute atomic E-state index is 0.194. The normalized spacial score (nSPS) is 11.2. The van der Waals surface area contributed by atoms with Crippen LogP contribution in [-0.2, 0) is 26.0 Å². The standard InChI is InChI=1S/C27H31N3.2ClH.Fe/c1-3-5-12-22-14-7-9-18-26(22)28-20-24-16-11-17-25(30-24)21-29-27-19-10-8-15-23(27)13-6-4-2;;;/h7-11,14-21H,3-6,12-13H2,1-2H3;2*1H;/q;;;+2/p-2. The van der Waals surface area contributed by atoms with Crippen LogP contribution < -0.4 is 0 Å². The van der Waals surface area contributed by atoms with Gasteiger partial charge in [-0.15, -0.1) is 0 Å². The molecule has 0 bridgehead atoms. The Morgan fingerprint density at radius 2 is 1.12 bits per heavy atom. The fraction of sp³-hybridized carbons (Fsp3) is 0.296. The average molecular weight is 524 g/mol. The van der Waals surface area contributed by atoms with Crippen LogP contribution in [0.5, 0.6) is 0 Å². The van der Waals surface area contributed by atoms with Crippen LogP contribution in [0.4, 0.5) is 11.4 Å². The van der Waals surface area contributed by atoms with Crippen molar-refractivity contribution in [2.75, 3.05) is 0 Å². The van der Waals surface area contributed by atoms with Crippen LogP contribution in [0.1, 0.15) is 62.0 Å². The van der Waals surface area contributed by atoms with Crippen molar-refractivity contribution in [2.45, 2.75) is 52.4 Å². The summed E-state index contributed by atoms with van der Waals surface area (Å²) in [6.07, 6.45) is 10.5. The van der Waals surface area contributed by atoms with Gasteiger partial charge < -0.3 is 0 Å². The summed E-state index contributed by atoms with van der Waals surface area (Å²) >= 11 is 0.194. The molecule has 2 aromatic carbocycles. The number of nitrogens with zero attached hydrogens (tertiary/aromatic N) is 3. The van der Waals surface area contributed by atoms with E-state index in [1.807, 2.05) is 42.8 Å². The number of hydrogen-bond acceptors (Lipinski definition) is 3. The topological polar surface area (TPSA) is 37.6 Å². The third kappa shape index (κ3) is 10.2. The predicted octanol–water partition coefficient (Wildman–Crippen LogP) is 8.64. The Hall–Kier alpha value is -1.97. The molecule has 0 N–H and O–H groups in total. The van der Waals surface area contributed by atoms with Crippen molar-refractivity contribution >= 4 is 44.0 Å². The summed E-state index contributed by atoms with van der Waals surface area (Å²) in [6, 6.07) is 22.7. The first-order chi connectivity index (χ1) is 16.2. The number of aryl methyl sites for hydroxylation is 2. The summed E-state index contributed by atoms with van der Waals surface area (Å²) in [5, 5.41) is 0. The maximum atomic E-state index is 4.76. The number of benzene rings is 2. The van der Waals surface area contributed by atoms with E-state index < -0.39 is 0 Å². The zero-order valence-corrected chi connectivity index (χ0v) is 21.8. The molecule has 176 valence electrons. The van der Waals surface area contributed by atoms with Crippen molar-refractivity contribution in [1.29, 1.82) is 0 Å². The Balaban J connectivity index is 0.00000122. The quantitative estimate of drug-likeness (QED) is 0.193. The van der Waals surface area contributed by atoms with Gasteiger partial charge in [-0.1, -0.05) is 69.2 Å². The van der Waals surface area contributed by atoms with Crippen molar-refractivity contribution in [3.05, 3.63) is 89.2 Å². The van der Waals surface area contributed by atoms with Crippen molar-refractivity contribution in [3.8, 4) is 0 Å². The zero-order valence-electron chi connectivity index (χ0n) is 19.2. The number of aromatic nitrogens is 1. The van der Waals surface area contributed by atoms with E-state index in [1.54, 1.807) is 0 Å². The van der Waals surface area contributed by atoms with Gasteiger partial charge in [0.2, 0.25) is 0 Å². The number of rotatable bonds is 10. The molecule has 3 aromatic rings. The second-order valence-electron chi connectivity index (χ2n) is 7.52. The van der Waals surface area contributed by atoms with E-state index in [0.29, 0.717) is 0 Å². The van der Waals surface area contributed by atoms with Gasteiger partial charge in [-0.2, -0.15) is 0 Å². The summed E-state index contributed by atoms with van der Waals surface area (Å²) in [5.74, 6) is 0. The van der Waals surface area contributed by atoms with E-state index in [2.05, 4.69) is 55.2 Å². The van der Waals surface area contributed by atoms with Gasteiger partial charge in [-0.3, -0.25) is 9.98 Å². The summed E-state index contributed by atoms with van der Waals surface area (Å²) in [4.78, 5) is 14.1. The molecule has 0 aliphatic heterocycles. The van der Waals surface area contributed by atoms with Crippen molar-refractivity contribution in [1.82, 2.24) is 4.98 Å². The van der Waals surface area contributed by atoms with Crippen LogP contribution in [0.25, 0.3) is 0 Å². The van der Waals surface area contributed by atoms with Crippen LogP contribution in [0.15, 0.2) is 76.7 Å². The number of unbranched alkanes of at least 4 members (excludes halogenated alkanes) is 2. The second kappa shape index (κ2) is 16.6. The molecule has 0 aliphatic rings. The summed E-state index contributed by atoms with van der Waals surface area (Å²) < 4.78 is 0. The average Bonchev–Trinajstić information content (AvgIpc) is 2.85. The first-order valence-electron chi connectivity index (χ1n) is 11.3. The molecule has 0 radical (unpaired) electrons. The number of pyridine rings is 1. The Morgan fingerprint density at radius 3 is 1.55 bits per heavy atom. The third-order valence-corrected chi connectivity index (χ3v) is 5.05. The molecule has 1 aromatic heterocycles. The SMILES string of the molecule is CCCCc1ccccc1N=Cc1cccc(C=Nc2ccccc2CCCC)n1.[Cl][Fe][Cl]. The molecule has 3 nitrogen and oxygen atoms in total. The Labute approximate surface area is 213 Å². The second-order valence-corrected chi connectivity index (χ2v) is 9.34. The summed E-state index contributed by atoms with van der Waals surface area (Å²) in [5.41, 5.74) is 6.30. The van der Waals surface area contributed by atoms with Crippen molar-refractivity contribution < 1.29 is 13.1 Å². The molecule has 0 aliphatic carbocycles. The molecule has 0 fully saturated rings. The molecule has 1 heterocycles. The van der Waals surface area contributed by atoms with Gasteiger partial charge in [0.15, 0.2) is 0 Å². The number of aliphatic imine (C=N–C) groups is 2. The van der Waals surface area contributed by atoms with Crippen LogP contribution in [0, 0.1) is 0 Å². The summed E-state index contributed by atoms with van der Waals surface area (Å²) in [6.45, 7) is 4.43. The van der Waals surface area contributed by atoms with E-state index in [1.165, 1.54) is 36.8 Å². The maximum absolute atomic E-state index is 4.76. The summed E-state index contributed by atoms with van der Waals surface area (Å²) in [7, 11) is 9.53.